The molecular weight excluding hydrogens is 230 g/mol. The zero-order valence-corrected chi connectivity index (χ0v) is 12.1. The van der Waals surface area contributed by atoms with Crippen molar-refractivity contribution in [2.24, 2.45) is 0 Å². The third-order valence-electron chi connectivity index (χ3n) is 3.04. The van der Waals surface area contributed by atoms with E-state index < -0.39 is 8.07 Å². The number of anilines is 1. The Kier molecular flexibility index (Phi) is 3.58. The number of nitrogen functional groups attached to an aromatic ring is 1. The van der Waals surface area contributed by atoms with Gasteiger partial charge in [-0.2, -0.15) is 5.10 Å². The van der Waals surface area contributed by atoms with Gasteiger partial charge in [-0.05, 0) is 18.9 Å². The van der Waals surface area contributed by atoms with Crippen molar-refractivity contribution in [2.45, 2.75) is 51.2 Å². The second-order valence-electron chi connectivity index (χ2n) is 6.12. The van der Waals surface area contributed by atoms with Crippen molar-refractivity contribution in [2.75, 3.05) is 12.3 Å². The van der Waals surface area contributed by atoms with Gasteiger partial charge in [0.25, 0.3) is 0 Å². The molecule has 1 aromatic rings. The van der Waals surface area contributed by atoms with E-state index in [0.29, 0.717) is 12.6 Å². The van der Waals surface area contributed by atoms with E-state index in [-0.39, 0.29) is 0 Å². The topological polar surface area (TPSA) is 53.1 Å². The first-order valence-electron chi connectivity index (χ1n) is 6.37. The van der Waals surface area contributed by atoms with E-state index in [1.54, 1.807) is 4.68 Å². The third-order valence-corrected chi connectivity index (χ3v) is 4.74. The van der Waals surface area contributed by atoms with Gasteiger partial charge in [0.15, 0.2) is 0 Å². The zero-order chi connectivity index (χ0) is 12.5. The smallest absolute Gasteiger partial charge is 0.141 e. The van der Waals surface area contributed by atoms with Crippen LogP contribution < -0.4 is 5.73 Å². The minimum absolute atomic E-state index is 0.489. The van der Waals surface area contributed by atoms with Gasteiger partial charge in [-0.25, -0.2) is 4.68 Å². The molecule has 2 N–H and O–H groups in total. The Balaban J connectivity index is 1.78. The number of hydrogen-bond donors (Lipinski definition) is 1. The van der Waals surface area contributed by atoms with Gasteiger partial charge < -0.3 is 10.5 Å². The molecule has 2 rings (SSSR count). The van der Waals surface area contributed by atoms with Gasteiger partial charge in [0, 0.05) is 26.7 Å². The fourth-order valence-electron chi connectivity index (χ4n) is 1.66. The highest BCUT2D eigenvalue weighted by atomic mass is 28.3. The molecule has 4 nitrogen and oxygen atoms in total. The molecule has 0 spiro atoms. The first-order valence-corrected chi connectivity index (χ1v) is 10.1. The van der Waals surface area contributed by atoms with Crippen LogP contribution in [0.4, 0.5) is 5.82 Å². The van der Waals surface area contributed by atoms with E-state index in [2.05, 4.69) is 24.7 Å². The number of ether oxygens (including phenoxy) is 1. The Hall–Kier alpha value is -0.813. The van der Waals surface area contributed by atoms with Crippen molar-refractivity contribution in [1.29, 1.82) is 0 Å². The van der Waals surface area contributed by atoms with Crippen molar-refractivity contribution in [1.82, 2.24) is 9.78 Å². The molecule has 1 aromatic heterocycles. The maximum atomic E-state index is 5.90. The van der Waals surface area contributed by atoms with Crippen molar-refractivity contribution < 1.29 is 4.74 Å². The van der Waals surface area contributed by atoms with Gasteiger partial charge in [-0.1, -0.05) is 19.6 Å². The molecular formula is C12H23N3OSi. The molecule has 1 heterocycles. The summed E-state index contributed by atoms with van der Waals surface area (Å²) in [6.07, 6.45) is 2.51. The van der Waals surface area contributed by atoms with Gasteiger partial charge in [0.2, 0.25) is 0 Å². The number of nitrogens with zero attached hydrogens (tertiary/aromatic N) is 2. The summed E-state index contributed by atoms with van der Waals surface area (Å²) in [5.74, 6) is 1.38. The van der Waals surface area contributed by atoms with Crippen LogP contribution in [0.15, 0.2) is 6.07 Å². The Morgan fingerprint density at radius 2 is 2.18 bits per heavy atom. The van der Waals surface area contributed by atoms with Crippen LogP contribution in [0.5, 0.6) is 0 Å². The maximum Gasteiger partial charge on any atom is 0.141 e. The summed E-state index contributed by atoms with van der Waals surface area (Å²) in [5, 5.41) is 4.48. The fraction of sp³-hybridized carbons (Fsp3) is 0.750. The number of nitrogens with two attached hydrogens (primary N) is 1. The minimum Gasteiger partial charge on any atom is -0.384 e. The van der Waals surface area contributed by atoms with Gasteiger partial charge in [-0.15, -0.1) is 0 Å². The summed E-state index contributed by atoms with van der Waals surface area (Å²) in [6, 6.07) is 3.17. The van der Waals surface area contributed by atoms with Gasteiger partial charge >= 0.3 is 0 Å². The van der Waals surface area contributed by atoms with E-state index in [4.69, 9.17) is 10.5 Å². The van der Waals surface area contributed by atoms with Crippen LogP contribution in [0.25, 0.3) is 0 Å². The second kappa shape index (κ2) is 4.82. The molecule has 1 aliphatic rings. The van der Waals surface area contributed by atoms with E-state index in [1.807, 2.05) is 6.07 Å². The van der Waals surface area contributed by atoms with Crippen molar-refractivity contribution in [3.63, 3.8) is 0 Å². The van der Waals surface area contributed by atoms with Crippen LogP contribution in [0.3, 0.4) is 0 Å². The molecule has 0 aliphatic heterocycles. The van der Waals surface area contributed by atoms with Crippen LogP contribution in [-0.2, 0) is 11.5 Å². The number of aromatic nitrogens is 2. The Morgan fingerprint density at radius 3 is 2.76 bits per heavy atom. The van der Waals surface area contributed by atoms with E-state index in [1.165, 1.54) is 18.9 Å². The Labute approximate surface area is 104 Å². The SMILES string of the molecule is C[Si](C)(C)CCOCn1nc(C2CC2)cc1N. The molecule has 0 radical (unpaired) electrons. The van der Waals surface area contributed by atoms with Gasteiger partial charge in [0.1, 0.15) is 12.5 Å². The molecule has 0 aromatic carbocycles. The molecule has 96 valence electrons. The molecule has 5 heteroatoms. The molecule has 0 amide bonds. The first-order chi connectivity index (χ1) is 7.96. The highest BCUT2D eigenvalue weighted by molar-refractivity contribution is 6.76. The predicted octanol–water partition coefficient (Wildman–Crippen LogP) is 2.66. The van der Waals surface area contributed by atoms with Crippen LogP contribution in [-0.4, -0.2) is 24.5 Å². The average Bonchev–Trinajstić information content (AvgIpc) is 2.98. The minimum atomic E-state index is -0.998. The molecule has 0 atom stereocenters. The summed E-state index contributed by atoms with van der Waals surface area (Å²) in [6.45, 7) is 8.36. The maximum absolute atomic E-state index is 5.90. The van der Waals surface area contributed by atoms with Crippen LogP contribution in [0.2, 0.25) is 25.7 Å². The molecule has 1 fully saturated rings. The summed E-state index contributed by atoms with van der Waals surface area (Å²) in [5.41, 5.74) is 7.04. The molecule has 1 aliphatic carbocycles. The van der Waals surface area contributed by atoms with Gasteiger partial charge in [0.05, 0.1) is 5.69 Å². The monoisotopic (exact) mass is 253 g/mol. The van der Waals surface area contributed by atoms with Crippen LogP contribution in [0.1, 0.15) is 24.5 Å². The van der Waals surface area contributed by atoms with Crippen LogP contribution >= 0.6 is 0 Å². The average molecular weight is 253 g/mol. The fourth-order valence-corrected chi connectivity index (χ4v) is 2.42. The largest absolute Gasteiger partial charge is 0.384 e. The lowest BCUT2D eigenvalue weighted by molar-refractivity contribution is 0.0799. The third kappa shape index (κ3) is 3.85. The highest BCUT2D eigenvalue weighted by Crippen LogP contribution is 2.39. The molecule has 0 saturated heterocycles. The van der Waals surface area contributed by atoms with Crippen LogP contribution in [0, 0.1) is 0 Å². The van der Waals surface area contributed by atoms with E-state index >= 15 is 0 Å². The summed E-state index contributed by atoms with van der Waals surface area (Å²) in [7, 11) is -0.998. The van der Waals surface area contributed by atoms with Gasteiger partial charge in [-0.3, -0.25) is 0 Å². The zero-order valence-electron chi connectivity index (χ0n) is 11.1. The quantitative estimate of drug-likeness (QED) is 0.626. The highest BCUT2D eigenvalue weighted by Gasteiger charge is 2.26. The van der Waals surface area contributed by atoms with Crippen molar-refractivity contribution in [3.8, 4) is 0 Å². The lowest BCUT2D eigenvalue weighted by Gasteiger charge is -2.15. The second-order valence-corrected chi connectivity index (χ2v) is 11.7. The van der Waals surface area contributed by atoms with E-state index in [9.17, 15) is 0 Å². The number of rotatable bonds is 6. The lowest BCUT2D eigenvalue weighted by Crippen LogP contribution is -2.22. The number of hydrogen-bond acceptors (Lipinski definition) is 3. The molecule has 0 bridgehead atoms. The molecule has 17 heavy (non-hydrogen) atoms. The Bertz CT molecular complexity index is 380. The van der Waals surface area contributed by atoms with Crippen molar-refractivity contribution >= 4 is 13.9 Å². The van der Waals surface area contributed by atoms with E-state index in [0.717, 1.165) is 18.1 Å². The standard InChI is InChI=1S/C12H23N3OSi/c1-17(2,3)7-6-16-9-15-12(13)8-11(14-15)10-4-5-10/h8,10H,4-7,9,13H2,1-3H3. The molecule has 0 unspecified atom stereocenters. The Morgan fingerprint density at radius 1 is 1.47 bits per heavy atom. The predicted molar refractivity (Wildman–Crippen MR) is 72.7 cm³/mol. The first kappa shape index (κ1) is 12.6. The molecule has 1 saturated carbocycles. The summed E-state index contributed by atoms with van der Waals surface area (Å²) < 4.78 is 7.42. The summed E-state index contributed by atoms with van der Waals surface area (Å²) >= 11 is 0. The normalized spacial score (nSPS) is 16.4. The summed E-state index contributed by atoms with van der Waals surface area (Å²) in [4.78, 5) is 0. The lowest BCUT2D eigenvalue weighted by atomic mass is 10.3. The van der Waals surface area contributed by atoms with Crippen molar-refractivity contribution in [3.05, 3.63) is 11.8 Å².